The van der Waals surface area contributed by atoms with Gasteiger partial charge in [-0.15, -0.1) is 5.10 Å². The number of nitriles is 1. The van der Waals surface area contributed by atoms with Crippen LogP contribution in [0.25, 0.3) is 11.3 Å². The lowest BCUT2D eigenvalue weighted by atomic mass is 9.83. The summed E-state index contributed by atoms with van der Waals surface area (Å²) < 4.78 is 27.9. The molecule has 3 N–H and O–H groups in total. The summed E-state index contributed by atoms with van der Waals surface area (Å²) >= 11 is 0. The van der Waals surface area contributed by atoms with E-state index in [2.05, 4.69) is 16.3 Å². The second-order valence-electron chi connectivity index (χ2n) is 7.57. The van der Waals surface area contributed by atoms with Crippen LogP contribution in [0, 0.1) is 11.3 Å². The Morgan fingerprint density at radius 3 is 2.32 bits per heavy atom. The van der Waals surface area contributed by atoms with Gasteiger partial charge >= 0.3 is 0 Å². The number of aromatic amines is 1. The molecule has 0 fully saturated rings. The van der Waals surface area contributed by atoms with Gasteiger partial charge in [0.15, 0.2) is 11.5 Å². The van der Waals surface area contributed by atoms with Crippen LogP contribution in [0.15, 0.2) is 47.9 Å². The van der Waals surface area contributed by atoms with Crippen LogP contribution in [-0.2, 0) is 0 Å². The minimum Gasteiger partial charge on any atom is -0.494 e. The van der Waals surface area contributed by atoms with Crippen molar-refractivity contribution in [1.82, 2.24) is 10.2 Å². The minimum absolute atomic E-state index is 0.0225. The fourth-order valence-electron chi connectivity index (χ4n) is 4.00. The zero-order chi connectivity index (χ0) is 24.2. The maximum atomic E-state index is 9.94. The molecule has 9 nitrogen and oxygen atoms in total. The second kappa shape index (κ2) is 9.67. The molecule has 0 radical (unpaired) electrons. The Labute approximate surface area is 197 Å². The van der Waals surface area contributed by atoms with Gasteiger partial charge in [-0.1, -0.05) is 19.1 Å². The summed E-state index contributed by atoms with van der Waals surface area (Å²) in [5.74, 6) is 2.03. The van der Waals surface area contributed by atoms with E-state index in [9.17, 15) is 5.26 Å². The Morgan fingerprint density at radius 1 is 1.09 bits per heavy atom. The molecular formula is C25H26N4O5. The van der Waals surface area contributed by atoms with E-state index in [0.29, 0.717) is 46.6 Å². The first-order valence-electron chi connectivity index (χ1n) is 10.7. The first kappa shape index (κ1) is 22.9. The second-order valence-corrected chi connectivity index (χ2v) is 7.57. The number of fused-ring (bicyclic) bond motifs is 1. The number of allylic oxidation sites excluding steroid dienone is 1. The maximum absolute atomic E-state index is 9.94. The van der Waals surface area contributed by atoms with Crippen molar-refractivity contribution in [3.63, 3.8) is 0 Å². The average molecular weight is 463 g/mol. The first-order valence-corrected chi connectivity index (χ1v) is 10.7. The molecular weight excluding hydrogens is 436 g/mol. The Kier molecular flexibility index (Phi) is 6.50. The summed E-state index contributed by atoms with van der Waals surface area (Å²) in [5, 5.41) is 17.3. The van der Waals surface area contributed by atoms with Crippen LogP contribution in [0.3, 0.4) is 0 Å². The Bertz CT molecular complexity index is 1230. The van der Waals surface area contributed by atoms with Crippen molar-refractivity contribution in [2.24, 2.45) is 5.73 Å². The van der Waals surface area contributed by atoms with E-state index >= 15 is 0 Å². The summed E-state index contributed by atoms with van der Waals surface area (Å²) in [6, 6.07) is 13.4. The van der Waals surface area contributed by atoms with E-state index < -0.39 is 5.92 Å². The van der Waals surface area contributed by atoms with Gasteiger partial charge in [0.25, 0.3) is 0 Å². The number of ether oxygens (including phenoxy) is 5. The van der Waals surface area contributed by atoms with Crippen molar-refractivity contribution in [3.8, 4) is 46.2 Å². The SMILES string of the molecule is CCCOc1ccc([C@@H]2C(C#N)=C(N)Oc3n[nH]c(-c4cc(OC)c(OC)c(OC)c4)c32)cc1. The van der Waals surface area contributed by atoms with Crippen molar-refractivity contribution >= 4 is 0 Å². The number of nitrogens with zero attached hydrogens (tertiary/aromatic N) is 2. The molecule has 34 heavy (non-hydrogen) atoms. The highest BCUT2D eigenvalue weighted by Gasteiger charge is 2.36. The predicted molar refractivity (Wildman–Crippen MR) is 125 cm³/mol. The van der Waals surface area contributed by atoms with Crippen molar-refractivity contribution in [2.45, 2.75) is 19.3 Å². The predicted octanol–water partition coefficient (Wildman–Crippen LogP) is 4.11. The highest BCUT2D eigenvalue weighted by Crippen LogP contribution is 2.48. The third-order valence-electron chi connectivity index (χ3n) is 5.58. The standard InChI is InChI=1S/C25H26N4O5/c1-5-10-33-16-8-6-14(7-9-16)20-17(13-26)24(27)34-25-21(20)22(28-29-25)15-11-18(30-2)23(32-4)19(12-15)31-3/h6-9,11-12,20H,5,10,27H2,1-4H3,(H,28,29)/t20-/m1/s1. The van der Waals surface area contributed by atoms with Gasteiger partial charge in [-0.2, -0.15) is 5.26 Å². The zero-order valence-corrected chi connectivity index (χ0v) is 19.5. The van der Waals surface area contributed by atoms with Gasteiger partial charge in [0, 0.05) is 5.56 Å². The molecule has 176 valence electrons. The van der Waals surface area contributed by atoms with E-state index in [-0.39, 0.29) is 5.88 Å². The third kappa shape index (κ3) is 3.94. The van der Waals surface area contributed by atoms with Crippen LogP contribution in [0.4, 0.5) is 0 Å². The summed E-state index contributed by atoms with van der Waals surface area (Å²) in [4.78, 5) is 0. The number of nitrogens with two attached hydrogens (primary N) is 1. The lowest BCUT2D eigenvalue weighted by Gasteiger charge is -2.24. The lowest BCUT2D eigenvalue weighted by molar-refractivity contribution is 0.317. The molecule has 0 unspecified atom stereocenters. The van der Waals surface area contributed by atoms with Crippen LogP contribution >= 0.6 is 0 Å². The highest BCUT2D eigenvalue weighted by molar-refractivity contribution is 5.75. The third-order valence-corrected chi connectivity index (χ3v) is 5.58. The van der Waals surface area contributed by atoms with E-state index in [1.54, 1.807) is 21.3 Å². The molecule has 0 saturated heterocycles. The molecule has 1 aliphatic rings. The molecule has 0 aliphatic carbocycles. The molecule has 9 heteroatoms. The van der Waals surface area contributed by atoms with Gasteiger partial charge in [-0.3, -0.25) is 5.10 Å². The fourth-order valence-corrected chi connectivity index (χ4v) is 4.00. The number of aromatic nitrogens is 2. The average Bonchev–Trinajstić information content (AvgIpc) is 3.29. The van der Waals surface area contributed by atoms with E-state index in [1.165, 1.54) is 0 Å². The number of H-pyrrole nitrogens is 1. The quantitative estimate of drug-likeness (QED) is 0.512. The van der Waals surface area contributed by atoms with Crippen LogP contribution in [0.1, 0.15) is 30.4 Å². The number of rotatable bonds is 8. The summed E-state index contributed by atoms with van der Waals surface area (Å²) in [6.45, 7) is 2.68. The number of nitrogens with one attached hydrogen (secondary N) is 1. The fraction of sp³-hybridized carbons (Fsp3) is 0.280. The lowest BCUT2D eigenvalue weighted by Crippen LogP contribution is -2.21. The molecule has 1 aliphatic heterocycles. The topological polar surface area (TPSA) is 125 Å². The summed E-state index contributed by atoms with van der Waals surface area (Å²) in [7, 11) is 4.65. The number of benzene rings is 2. The molecule has 3 aromatic rings. The van der Waals surface area contributed by atoms with Crippen LogP contribution < -0.4 is 29.4 Å². The van der Waals surface area contributed by atoms with Gasteiger partial charge in [0.05, 0.1) is 45.1 Å². The van der Waals surface area contributed by atoms with Crippen LogP contribution in [0.5, 0.6) is 28.9 Å². The van der Waals surface area contributed by atoms with Crippen molar-refractivity contribution in [2.75, 3.05) is 27.9 Å². The van der Waals surface area contributed by atoms with Gasteiger partial charge < -0.3 is 29.4 Å². The van der Waals surface area contributed by atoms with Gasteiger partial charge in [0.1, 0.15) is 17.4 Å². The van der Waals surface area contributed by atoms with E-state index in [0.717, 1.165) is 23.3 Å². The summed E-state index contributed by atoms with van der Waals surface area (Å²) in [5.41, 5.74) is 9.30. The monoisotopic (exact) mass is 462 g/mol. The van der Waals surface area contributed by atoms with Gasteiger partial charge in [-0.25, -0.2) is 0 Å². The Morgan fingerprint density at radius 2 is 1.76 bits per heavy atom. The molecule has 1 atom stereocenters. The zero-order valence-electron chi connectivity index (χ0n) is 19.5. The normalized spacial score (nSPS) is 14.6. The van der Waals surface area contributed by atoms with E-state index in [4.69, 9.17) is 29.4 Å². The summed E-state index contributed by atoms with van der Waals surface area (Å²) in [6.07, 6.45) is 0.913. The van der Waals surface area contributed by atoms with Gasteiger partial charge in [-0.05, 0) is 36.2 Å². The van der Waals surface area contributed by atoms with Gasteiger partial charge in [0.2, 0.25) is 17.5 Å². The molecule has 2 heterocycles. The first-order chi connectivity index (χ1) is 16.6. The number of hydrogen-bond acceptors (Lipinski definition) is 8. The molecule has 1 aromatic heterocycles. The largest absolute Gasteiger partial charge is 0.494 e. The molecule has 0 amide bonds. The number of methoxy groups -OCH3 is 3. The number of hydrogen-bond donors (Lipinski definition) is 2. The van der Waals surface area contributed by atoms with Crippen LogP contribution in [-0.4, -0.2) is 38.1 Å². The maximum Gasteiger partial charge on any atom is 0.244 e. The molecule has 0 saturated carbocycles. The van der Waals surface area contributed by atoms with Crippen LogP contribution in [0.2, 0.25) is 0 Å². The smallest absolute Gasteiger partial charge is 0.244 e. The molecule has 2 aromatic carbocycles. The van der Waals surface area contributed by atoms with Crippen molar-refractivity contribution < 1.29 is 23.7 Å². The Hall–Kier alpha value is -4.32. The molecule has 0 spiro atoms. The highest BCUT2D eigenvalue weighted by atomic mass is 16.5. The molecule has 4 rings (SSSR count). The minimum atomic E-state index is -0.498. The van der Waals surface area contributed by atoms with Crippen molar-refractivity contribution in [1.29, 1.82) is 5.26 Å². The van der Waals surface area contributed by atoms with Crippen molar-refractivity contribution in [3.05, 3.63) is 59.0 Å². The Balaban J connectivity index is 1.87. The van der Waals surface area contributed by atoms with E-state index in [1.807, 2.05) is 43.3 Å². The molecule has 0 bridgehead atoms.